The van der Waals surface area contributed by atoms with Crippen molar-refractivity contribution in [2.45, 2.75) is 13.5 Å². The summed E-state index contributed by atoms with van der Waals surface area (Å²) in [6, 6.07) is 3.22. The van der Waals surface area contributed by atoms with E-state index < -0.39 is 0 Å². The van der Waals surface area contributed by atoms with Crippen molar-refractivity contribution in [1.82, 2.24) is 14.9 Å². The molecule has 0 saturated carbocycles. The third kappa shape index (κ3) is 2.65. The van der Waals surface area contributed by atoms with Crippen LogP contribution < -0.4 is 10.9 Å². The lowest BCUT2D eigenvalue weighted by atomic mass is 10.4. The maximum Gasteiger partial charge on any atom is 0.287 e. The highest BCUT2D eigenvalue weighted by molar-refractivity contribution is 5.91. The number of furan rings is 1. The van der Waals surface area contributed by atoms with Crippen LogP contribution in [0.15, 0.2) is 40.1 Å². The van der Waals surface area contributed by atoms with E-state index in [2.05, 4.69) is 10.3 Å². The number of hydrogen-bond donors (Lipinski definition) is 1. The fourth-order valence-electron chi connectivity index (χ4n) is 1.50. The maximum atomic E-state index is 11.7. The average Bonchev–Trinajstić information content (AvgIpc) is 2.88. The largest absolute Gasteiger partial charge is 0.459 e. The van der Waals surface area contributed by atoms with Crippen molar-refractivity contribution in [3.8, 4) is 0 Å². The predicted molar refractivity (Wildman–Crippen MR) is 64.3 cm³/mol. The molecule has 6 nitrogen and oxygen atoms in total. The molecule has 0 atom stereocenters. The van der Waals surface area contributed by atoms with Crippen LogP contribution in [0.1, 0.15) is 16.1 Å². The van der Waals surface area contributed by atoms with Crippen molar-refractivity contribution in [3.05, 3.63) is 52.6 Å². The molecule has 94 valence electrons. The van der Waals surface area contributed by atoms with Crippen LogP contribution in [0, 0.1) is 6.92 Å². The summed E-state index contributed by atoms with van der Waals surface area (Å²) < 4.78 is 6.40. The second-order valence-electron chi connectivity index (χ2n) is 3.81. The van der Waals surface area contributed by atoms with Crippen molar-refractivity contribution in [3.63, 3.8) is 0 Å². The number of rotatable bonds is 4. The Bertz CT molecular complexity index is 587. The first kappa shape index (κ1) is 12.1. The van der Waals surface area contributed by atoms with Gasteiger partial charge < -0.3 is 9.73 Å². The van der Waals surface area contributed by atoms with Crippen LogP contribution in [0.3, 0.4) is 0 Å². The molecule has 0 aliphatic rings. The summed E-state index contributed by atoms with van der Waals surface area (Å²) in [6.45, 7) is 2.41. The van der Waals surface area contributed by atoms with E-state index in [0.717, 1.165) is 0 Å². The van der Waals surface area contributed by atoms with E-state index in [1.165, 1.54) is 23.4 Å². The van der Waals surface area contributed by atoms with Gasteiger partial charge in [0, 0.05) is 24.8 Å². The third-order valence-electron chi connectivity index (χ3n) is 2.46. The number of carbonyl (C=O) groups excluding carboxylic acids is 1. The smallest absolute Gasteiger partial charge is 0.287 e. The number of nitrogens with zero attached hydrogens (tertiary/aromatic N) is 2. The van der Waals surface area contributed by atoms with E-state index >= 15 is 0 Å². The maximum absolute atomic E-state index is 11.7. The van der Waals surface area contributed by atoms with Crippen molar-refractivity contribution >= 4 is 5.91 Å². The van der Waals surface area contributed by atoms with Gasteiger partial charge in [0.2, 0.25) is 0 Å². The summed E-state index contributed by atoms with van der Waals surface area (Å²) in [5, 5.41) is 2.66. The first-order valence-corrected chi connectivity index (χ1v) is 5.51. The molecule has 18 heavy (non-hydrogen) atoms. The molecule has 2 heterocycles. The van der Waals surface area contributed by atoms with Crippen LogP contribution in [0.4, 0.5) is 0 Å². The molecule has 0 aliphatic heterocycles. The molecule has 0 aromatic carbocycles. The fourth-order valence-corrected chi connectivity index (χ4v) is 1.50. The topological polar surface area (TPSA) is 77.1 Å². The molecule has 0 aliphatic carbocycles. The van der Waals surface area contributed by atoms with Crippen LogP contribution in [0.2, 0.25) is 0 Å². The van der Waals surface area contributed by atoms with Crippen molar-refractivity contribution in [2.24, 2.45) is 0 Å². The number of amides is 1. The van der Waals surface area contributed by atoms with E-state index in [0.29, 0.717) is 18.7 Å². The number of nitrogens with one attached hydrogen (secondary N) is 1. The highest BCUT2D eigenvalue weighted by Crippen LogP contribution is 1.98. The van der Waals surface area contributed by atoms with E-state index in [1.807, 2.05) is 0 Å². The van der Waals surface area contributed by atoms with Gasteiger partial charge in [-0.25, -0.2) is 4.98 Å². The predicted octanol–water partition coefficient (Wildman–Crippen LogP) is 0.575. The van der Waals surface area contributed by atoms with Crippen LogP contribution in [-0.4, -0.2) is 22.0 Å². The molecule has 2 aromatic rings. The first-order chi connectivity index (χ1) is 8.68. The van der Waals surface area contributed by atoms with Crippen molar-refractivity contribution < 1.29 is 9.21 Å². The average molecular weight is 247 g/mol. The molecule has 0 radical (unpaired) electrons. The number of hydrogen-bond acceptors (Lipinski definition) is 4. The Morgan fingerprint density at radius 1 is 1.56 bits per heavy atom. The van der Waals surface area contributed by atoms with E-state index in [-0.39, 0.29) is 17.2 Å². The highest BCUT2D eigenvalue weighted by atomic mass is 16.3. The Balaban J connectivity index is 1.91. The third-order valence-corrected chi connectivity index (χ3v) is 2.46. The zero-order valence-electron chi connectivity index (χ0n) is 9.92. The standard InChI is InChI=1S/C12H13N3O3/c1-9-7-13-8-15(12(9)17)5-4-14-11(16)10-3-2-6-18-10/h2-3,6-8H,4-5H2,1H3,(H,14,16). The summed E-state index contributed by atoms with van der Waals surface area (Å²) in [5.74, 6) is -0.0432. The molecule has 0 unspecified atom stereocenters. The van der Waals surface area contributed by atoms with Gasteiger partial charge in [-0.3, -0.25) is 14.2 Å². The Hall–Kier alpha value is -2.37. The molecule has 0 fully saturated rings. The molecular formula is C12H13N3O3. The van der Waals surface area contributed by atoms with Crippen molar-refractivity contribution in [1.29, 1.82) is 0 Å². The molecule has 0 bridgehead atoms. The van der Waals surface area contributed by atoms with Gasteiger partial charge in [-0.15, -0.1) is 0 Å². The lowest BCUT2D eigenvalue weighted by Gasteiger charge is -2.06. The summed E-state index contributed by atoms with van der Waals surface area (Å²) in [4.78, 5) is 27.1. The summed E-state index contributed by atoms with van der Waals surface area (Å²) in [6.07, 6.45) is 4.40. The zero-order chi connectivity index (χ0) is 13.0. The van der Waals surface area contributed by atoms with E-state index in [1.54, 1.807) is 19.1 Å². The Labute approximate surface area is 103 Å². The van der Waals surface area contributed by atoms with Gasteiger partial charge >= 0.3 is 0 Å². The van der Waals surface area contributed by atoms with Gasteiger partial charge in [-0.1, -0.05) is 0 Å². The van der Waals surface area contributed by atoms with Crippen LogP contribution in [0.25, 0.3) is 0 Å². The quantitative estimate of drug-likeness (QED) is 0.857. The van der Waals surface area contributed by atoms with Gasteiger partial charge in [0.05, 0.1) is 12.6 Å². The molecule has 1 N–H and O–H groups in total. The molecule has 0 spiro atoms. The van der Waals surface area contributed by atoms with Gasteiger partial charge in [0.25, 0.3) is 11.5 Å². The van der Waals surface area contributed by atoms with Crippen LogP contribution >= 0.6 is 0 Å². The van der Waals surface area contributed by atoms with Gasteiger partial charge in [0.15, 0.2) is 5.76 Å². The molecule has 1 amide bonds. The second kappa shape index (κ2) is 5.31. The minimum atomic E-state index is -0.298. The van der Waals surface area contributed by atoms with Gasteiger partial charge in [-0.2, -0.15) is 0 Å². The fraction of sp³-hybridized carbons (Fsp3) is 0.250. The first-order valence-electron chi connectivity index (χ1n) is 5.51. The Kier molecular flexibility index (Phi) is 3.57. The molecule has 0 saturated heterocycles. The van der Waals surface area contributed by atoms with Crippen molar-refractivity contribution in [2.75, 3.05) is 6.54 Å². The van der Waals surface area contributed by atoms with E-state index in [4.69, 9.17) is 4.42 Å². The normalized spacial score (nSPS) is 10.3. The number of aromatic nitrogens is 2. The van der Waals surface area contributed by atoms with Crippen LogP contribution in [0.5, 0.6) is 0 Å². The Morgan fingerprint density at radius 3 is 3.11 bits per heavy atom. The van der Waals surface area contributed by atoms with E-state index in [9.17, 15) is 9.59 Å². The van der Waals surface area contributed by atoms with Crippen LogP contribution in [-0.2, 0) is 6.54 Å². The molecule has 2 rings (SSSR count). The minimum absolute atomic E-state index is 0.0998. The zero-order valence-corrected chi connectivity index (χ0v) is 9.92. The Morgan fingerprint density at radius 2 is 2.39 bits per heavy atom. The SMILES string of the molecule is Cc1cncn(CCNC(=O)c2ccco2)c1=O. The summed E-state index contributed by atoms with van der Waals surface area (Å²) in [5.41, 5.74) is 0.479. The highest BCUT2D eigenvalue weighted by Gasteiger charge is 2.07. The lowest BCUT2D eigenvalue weighted by molar-refractivity contribution is 0.0924. The lowest BCUT2D eigenvalue weighted by Crippen LogP contribution is -2.31. The molecule has 6 heteroatoms. The number of carbonyl (C=O) groups is 1. The summed E-state index contributed by atoms with van der Waals surface area (Å²) >= 11 is 0. The van der Waals surface area contributed by atoms with Gasteiger partial charge in [-0.05, 0) is 19.1 Å². The number of aryl methyl sites for hydroxylation is 1. The minimum Gasteiger partial charge on any atom is -0.459 e. The monoisotopic (exact) mass is 247 g/mol. The molecule has 2 aromatic heterocycles. The van der Waals surface area contributed by atoms with Gasteiger partial charge in [0.1, 0.15) is 0 Å². The summed E-state index contributed by atoms with van der Waals surface area (Å²) in [7, 11) is 0. The second-order valence-corrected chi connectivity index (χ2v) is 3.81. The molecular weight excluding hydrogens is 234 g/mol.